The Labute approximate surface area is 178 Å². The molecule has 5 rings (SSSR count). The SMILES string of the molecule is CC1(C)CC(Cn2ncc3cc(-c4cn[nH]c4)ccc32)CN1S(=O)c1ccccc1. The second-order valence-corrected chi connectivity index (χ2v) is 10.0. The van der Waals surface area contributed by atoms with Gasteiger partial charge in [-0.1, -0.05) is 24.3 Å². The van der Waals surface area contributed by atoms with Gasteiger partial charge in [-0.3, -0.25) is 9.78 Å². The molecule has 2 unspecified atom stereocenters. The van der Waals surface area contributed by atoms with Crippen molar-refractivity contribution in [3.8, 4) is 11.1 Å². The minimum Gasteiger partial charge on any atom is -0.285 e. The van der Waals surface area contributed by atoms with Gasteiger partial charge < -0.3 is 0 Å². The van der Waals surface area contributed by atoms with Crippen LogP contribution in [0.1, 0.15) is 20.3 Å². The molecule has 0 amide bonds. The third-order valence-electron chi connectivity index (χ3n) is 5.94. The second-order valence-electron chi connectivity index (χ2n) is 8.59. The summed E-state index contributed by atoms with van der Waals surface area (Å²) >= 11 is 0. The van der Waals surface area contributed by atoms with Gasteiger partial charge in [0, 0.05) is 35.8 Å². The van der Waals surface area contributed by atoms with E-state index in [9.17, 15) is 4.21 Å². The minimum absolute atomic E-state index is 0.122. The van der Waals surface area contributed by atoms with Crippen LogP contribution in [0.5, 0.6) is 0 Å². The van der Waals surface area contributed by atoms with Crippen LogP contribution in [-0.4, -0.2) is 40.6 Å². The average molecular weight is 420 g/mol. The number of hydrogen-bond acceptors (Lipinski definition) is 3. The Morgan fingerprint density at radius 2 is 1.97 bits per heavy atom. The maximum absolute atomic E-state index is 13.2. The van der Waals surface area contributed by atoms with Gasteiger partial charge in [-0.25, -0.2) is 8.51 Å². The molecule has 1 saturated heterocycles. The van der Waals surface area contributed by atoms with Crippen LogP contribution < -0.4 is 0 Å². The van der Waals surface area contributed by atoms with Crippen LogP contribution in [0.4, 0.5) is 0 Å². The van der Waals surface area contributed by atoms with Crippen molar-refractivity contribution in [3.05, 3.63) is 67.1 Å². The predicted molar refractivity (Wildman–Crippen MR) is 119 cm³/mol. The van der Waals surface area contributed by atoms with E-state index in [2.05, 4.69) is 56.3 Å². The predicted octanol–water partition coefficient (Wildman–Crippen LogP) is 4.25. The van der Waals surface area contributed by atoms with Gasteiger partial charge >= 0.3 is 0 Å². The van der Waals surface area contributed by atoms with Crippen LogP contribution in [0.2, 0.25) is 0 Å². The molecule has 4 aromatic rings. The topological polar surface area (TPSA) is 66.8 Å². The zero-order valence-electron chi connectivity index (χ0n) is 17.2. The highest BCUT2D eigenvalue weighted by Gasteiger charge is 2.42. The van der Waals surface area contributed by atoms with Crippen LogP contribution >= 0.6 is 0 Å². The van der Waals surface area contributed by atoms with Gasteiger partial charge in [-0.05, 0) is 56.0 Å². The summed E-state index contributed by atoms with van der Waals surface area (Å²) in [6.07, 6.45) is 6.64. The third kappa shape index (κ3) is 3.48. The van der Waals surface area contributed by atoms with E-state index >= 15 is 0 Å². The van der Waals surface area contributed by atoms with E-state index in [1.807, 2.05) is 48.9 Å². The first-order valence-corrected chi connectivity index (χ1v) is 11.3. The lowest BCUT2D eigenvalue weighted by Crippen LogP contribution is -2.39. The van der Waals surface area contributed by atoms with Crippen LogP contribution in [-0.2, 0) is 17.5 Å². The number of fused-ring (bicyclic) bond motifs is 1. The molecular weight excluding hydrogens is 394 g/mol. The molecule has 0 bridgehead atoms. The van der Waals surface area contributed by atoms with Gasteiger partial charge in [0.2, 0.25) is 0 Å². The van der Waals surface area contributed by atoms with E-state index in [1.54, 1.807) is 0 Å². The lowest BCUT2D eigenvalue weighted by molar-refractivity contribution is 0.306. The molecule has 0 aliphatic carbocycles. The van der Waals surface area contributed by atoms with Gasteiger partial charge in [0.15, 0.2) is 0 Å². The summed E-state index contributed by atoms with van der Waals surface area (Å²) in [6.45, 7) is 5.99. The van der Waals surface area contributed by atoms with Crippen molar-refractivity contribution in [1.82, 2.24) is 24.3 Å². The lowest BCUT2D eigenvalue weighted by Gasteiger charge is -2.29. The fourth-order valence-corrected chi connectivity index (χ4v) is 6.01. The molecule has 7 heteroatoms. The highest BCUT2D eigenvalue weighted by atomic mass is 32.2. The van der Waals surface area contributed by atoms with Crippen LogP contribution in [0.3, 0.4) is 0 Å². The highest BCUT2D eigenvalue weighted by Crippen LogP contribution is 2.36. The fraction of sp³-hybridized carbons (Fsp3) is 0.304. The van der Waals surface area contributed by atoms with Gasteiger partial charge in [0.1, 0.15) is 11.0 Å². The van der Waals surface area contributed by atoms with E-state index in [0.29, 0.717) is 5.92 Å². The van der Waals surface area contributed by atoms with E-state index in [0.717, 1.165) is 46.4 Å². The number of nitrogens with zero attached hydrogens (tertiary/aromatic N) is 4. The summed E-state index contributed by atoms with van der Waals surface area (Å²) < 4.78 is 17.4. The molecule has 0 saturated carbocycles. The molecule has 1 fully saturated rings. The Morgan fingerprint density at radius 3 is 2.73 bits per heavy atom. The van der Waals surface area contributed by atoms with Crippen molar-refractivity contribution in [2.24, 2.45) is 5.92 Å². The molecule has 154 valence electrons. The summed E-state index contributed by atoms with van der Waals surface area (Å²) in [5, 5.41) is 12.7. The molecule has 1 N–H and O–H groups in total. The first-order chi connectivity index (χ1) is 14.5. The number of benzene rings is 2. The zero-order valence-corrected chi connectivity index (χ0v) is 18.0. The number of aromatic nitrogens is 4. The molecule has 1 aliphatic heterocycles. The molecule has 2 aromatic heterocycles. The first kappa shape index (κ1) is 19.2. The maximum Gasteiger partial charge on any atom is 0.128 e. The number of hydrogen-bond donors (Lipinski definition) is 1. The average Bonchev–Trinajstić information content (AvgIpc) is 3.47. The first-order valence-electron chi connectivity index (χ1n) is 10.2. The molecule has 2 aromatic carbocycles. The second kappa shape index (κ2) is 7.49. The van der Waals surface area contributed by atoms with Crippen molar-refractivity contribution >= 4 is 21.9 Å². The molecule has 0 radical (unpaired) electrons. The summed E-state index contributed by atoms with van der Waals surface area (Å²) in [7, 11) is -1.15. The monoisotopic (exact) mass is 419 g/mol. The normalized spacial score (nSPS) is 20.0. The lowest BCUT2D eigenvalue weighted by atomic mass is 9.97. The molecule has 0 spiro atoms. The molecular formula is C23H25N5OS. The van der Waals surface area contributed by atoms with E-state index in [-0.39, 0.29) is 5.54 Å². The molecule has 2 atom stereocenters. The highest BCUT2D eigenvalue weighted by molar-refractivity contribution is 7.82. The Morgan fingerprint density at radius 1 is 1.13 bits per heavy atom. The number of rotatable bonds is 5. The van der Waals surface area contributed by atoms with E-state index < -0.39 is 11.0 Å². The maximum atomic E-state index is 13.2. The van der Waals surface area contributed by atoms with Crippen molar-refractivity contribution in [2.45, 2.75) is 37.2 Å². The van der Waals surface area contributed by atoms with Crippen LogP contribution in [0.25, 0.3) is 22.0 Å². The van der Waals surface area contributed by atoms with Gasteiger partial charge in [0.25, 0.3) is 0 Å². The smallest absolute Gasteiger partial charge is 0.128 e. The summed E-state index contributed by atoms with van der Waals surface area (Å²) in [5.41, 5.74) is 3.20. The largest absolute Gasteiger partial charge is 0.285 e. The quantitative estimate of drug-likeness (QED) is 0.526. The van der Waals surface area contributed by atoms with Gasteiger partial charge in [0.05, 0.1) is 22.8 Å². The summed E-state index contributed by atoms with van der Waals surface area (Å²) in [5.74, 6) is 0.393. The summed E-state index contributed by atoms with van der Waals surface area (Å²) in [4.78, 5) is 0.863. The third-order valence-corrected chi connectivity index (χ3v) is 7.66. The Balaban J connectivity index is 1.36. The minimum atomic E-state index is -1.15. The van der Waals surface area contributed by atoms with Crippen molar-refractivity contribution in [3.63, 3.8) is 0 Å². The van der Waals surface area contributed by atoms with Gasteiger partial charge in [-0.2, -0.15) is 10.2 Å². The van der Waals surface area contributed by atoms with E-state index in [1.165, 1.54) is 0 Å². The molecule has 30 heavy (non-hydrogen) atoms. The number of H-pyrrole nitrogens is 1. The molecule has 6 nitrogen and oxygen atoms in total. The van der Waals surface area contributed by atoms with Crippen LogP contribution in [0, 0.1) is 5.92 Å². The van der Waals surface area contributed by atoms with Gasteiger partial charge in [-0.15, -0.1) is 0 Å². The Bertz CT molecular complexity index is 1180. The number of aromatic amines is 1. The van der Waals surface area contributed by atoms with Crippen LogP contribution in [0.15, 0.2) is 72.0 Å². The fourth-order valence-electron chi connectivity index (χ4n) is 4.50. The molecule has 3 heterocycles. The van der Waals surface area contributed by atoms with Crippen molar-refractivity contribution < 1.29 is 4.21 Å². The Kier molecular flexibility index (Phi) is 4.79. The standard InChI is InChI=1S/C23H25N5OS/c1-23(2)11-17(16-28(23)30(29)21-6-4-3-5-7-21)15-27-22-9-8-18(10-19(22)14-26-27)20-12-24-25-13-20/h3-10,12-14,17H,11,15-16H2,1-2H3,(H,24,25). The van der Waals surface area contributed by atoms with Crippen molar-refractivity contribution in [1.29, 1.82) is 0 Å². The number of nitrogens with one attached hydrogen (secondary N) is 1. The van der Waals surface area contributed by atoms with E-state index in [4.69, 9.17) is 0 Å². The Hall–Kier alpha value is -2.77. The summed E-state index contributed by atoms with van der Waals surface area (Å²) in [6, 6.07) is 16.1. The molecule has 1 aliphatic rings. The zero-order chi connectivity index (χ0) is 20.7. The van der Waals surface area contributed by atoms with Crippen molar-refractivity contribution in [2.75, 3.05) is 6.54 Å².